The summed E-state index contributed by atoms with van der Waals surface area (Å²) in [4.78, 5) is 97.2. The molecule has 0 saturated carbocycles. The number of fused-ring (bicyclic) bond motifs is 1. The number of aromatic nitrogens is 4. The van der Waals surface area contributed by atoms with Crippen molar-refractivity contribution >= 4 is 75.1 Å². The number of phosphoric acid groups is 3. The van der Waals surface area contributed by atoms with E-state index in [1.54, 1.807) is 0 Å². The normalized spacial score (nSPS) is 21.4. The molecule has 0 bridgehead atoms. The number of aliphatic hydroxyl groups excluding tert-OH is 2. The van der Waals surface area contributed by atoms with Crippen LogP contribution in [-0.4, -0.2) is 129 Å². The molecule has 0 aromatic carbocycles. The molecular formula is C25H39N7NaO19P3S. The average molecular weight is 890 g/mol. The van der Waals surface area contributed by atoms with Crippen LogP contribution in [0.3, 0.4) is 0 Å². The van der Waals surface area contributed by atoms with Crippen LogP contribution in [0.2, 0.25) is 0 Å². The molecule has 26 nitrogen and oxygen atoms in total. The van der Waals surface area contributed by atoms with Crippen LogP contribution in [0, 0.1) is 5.41 Å². The molecule has 2 aromatic heterocycles. The van der Waals surface area contributed by atoms with Gasteiger partial charge < -0.3 is 60.8 Å². The first-order chi connectivity index (χ1) is 25.4. The summed E-state index contributed by atoms with van der Waals surface area (Å²) in [6, 6.07) is 0. The third kappa shape index (κ3) is 15.7. The number of amides is 2. The number of carbonyl (C=O) groups excluding carboxylic acids is 4. The van der Waals surface area contributed by atoms with Crippen molar-refractivity contribution in [3.63, 3.8) is 0 Å². The average Bonchev–Trinajstić information content (AvgIpc) is 3.63. The minimum atomic E-state index is -5.59. The van der Waals surface area contributed by atoms with Crippen LogP contribution in [0.5, 0.6) is 0 Å². The summed E-state index contributed by atoms with van der Waals surface area (Å²) in [5.41, 5.74) is 4.19. The predicted octanol–water partition coefficient (Wildman–Crippen LogP) is -5.80. The summed E-state index contributed by atoms with van der Waals surface area (Å²) in [5.74, 6) is -2.80. The number of ether oxygens (including phenoxy) is 1. The Bertz CT molecular complexity index is 1850. The van der Waals surface area contributed by atoms with Crippen LogP contribution >= 0.6 is 35.2 Å². The molecule has 1 saturated heterocycles. The maximum atomic E-state index is 12.6. The number of hydrogen-bond donors (Lipinski definition) is 9. The summed E-state index contributed by atoms with van der Waals surface area (Å²) in [5, 5.41) is 36.1. The molecule has 3 rings (SSSR count). The van der Waals surface area contributed by atoms with Gasteiger partial charge >= 0.3 is 53.0 Å². The summed E-state index contributed by atoms with van der Waals surface area (Å²) in [6.45, 7) is 0.178. The van der Waals surface area contributed by atoms with Crippen LogP contribution in [-0.2, 0) is 55.5 Å². The van der Waals surface area contributed by atoms with Gasteiger partial charge in [-0.1, -0.05) is 25.6 Å². The monoisotopic (exact) mass is 889 g/mol. The van der Waals surface area contributed by atoms with Crippen LogP contribution in [0.4, 0.5) is 5.82 Å². The molecule has 2 unspecified atom stereocenters. The molecular weight excluding hydrogens is 850 g/mol. The second kappa shape index (κ2) is 21.3. The van der Waals surface area contributed by atoms with Gasteiger partial charge in [0.2, 0.25) is 11.8 Å². The number of rotatable bonds is 22. The number of nitrogen functional groups attached to an aromatic ring is 1. The topological polar surface area (TPSA) is 404 Å². The number of aliphatic hydroxyl groups is 2. The molecule has 3 heterocycles. The van der Waals surface area contributed by atoms with Crippen molar-refractivity contribution in [2.45, 2.75) is 63.8 Å². The van der Waals surface area contributed by atoms with Gasteiger partial charge in [0.15, 0.2) is 22.8 Å². The largest absolute Gasteiger partial charge is 1.00 e. The van der Waals surface area contributed by atoms with Gasteiger partial charge in [-0.2, -0.15) is 4.31 Å². The number of nitrogens with zero attached hydrogens (tertiary/aromatic N) is 4. The Morgan fingerprint density at radius 1 is 1.04 bits per heavy atom. The van der Waals surface area contributed by atoms with Crippen molar-refractivity contribution in [2.24, 2.45) is 5.41 Å². The van der Waals surface area contributed by atoms with Crippen LogP contribution in [0.1, 0.15) is 39.3 Å². The van der Waals surface area contributed by atoms with Crippen LogP contribution in [0.25, 0.3) is 11.2 Å². The summed E-state index contributed by atoms with van der Waals surface area (Å²) in [7, 11) is -16.4. The summed E-state index contributed by atoms with van der Waals surface area (Å²) < 4.78 is 61.9. The number of phosphoric ester groups is 3. The Kier molecular flexibility index (Phi) is 19.1. The number of thioether (sulfide) groups is 1. The van der Waals surface area contributed by atoms with Crippen LogP contribution < -0.4 is 51.0 Å². The Balaban J connectivity index is 0.0000108. The third-order valence-corrected chi connectivity index (χ3v) is 11.3. The van der Waals surface area contributed by atoms with Gasteiger partial charge in [-0.3, -0.25) is 32.5 Å². The van der Waals surface area contributed by atoms with Gasteiger partial charge in [-0.25, -0.2) is 28.6 Å². The Morgan fingerprint density at radius 3 is 2.34 bits per heavy atom. The Hall–Kier alpha value is -1.97. The van der Waals surface area contributed by atoms with E-state index in [1.807, 2.05) is 0 Å². The second-order valence-corrected chi connectivity index (χ2v) is 17.5. The van der Waals surface area contributed by atoms with Crippen molar-refractivity contribution in [3.05, 3.63) is 12.7 Å². The van der Waals surface area contributed by atoms with E-state index in [0.717, 1.165) is 29.0 Å². The third-order valence-electron chi connectivity index (χ3n) is 7.30. The molecule has 31 heteroatoms. The maximum Gasteiger partial charge on any atom is 1.00 e. The van der Waals surface area contributed by atoms with Gasteiger partial charge in [0.05, 0.1) is 19.5 Å². The first kappa shape index (κ1) is 50.2. The smallest absolute Gasteiger partial charge is 0.550 e. The molecule has 0 aliphatic carbocycles. The molecule has 1 aliphatic heterocycles. The fraction of sp³-hybridized carbons (Fsp3) is 0.640. The standard InChI is InChI=1S/C25H40N7O19P3S.Na/c1-25(2,20(38)23(39)28-6-5-14(33)27-7-8-55-16(36)4-3-15(34)35)10-48-54(45,46)51-53(43,44)47-9-13-19(50-52(40,41)42)18(37)24(49-13)32-12-31-17-21(26)29-11-30-22(17)32;/h11-13,18-20,24,37-38H,3-10H2,1-2H3,(H,27,33)(H,28,39)(H,34,35)(H,43,44)(H,45,46)(H2,26,29,30)(H2,40,41,42);/q;+1/p-1/t13-,18-,19-,20+,24-;/m1./s1. The Labute approximate surface area is 343 Å². The van der Waals surface area contributed by atoms with E-state index >= 15 is 0 Å². The Morgan fingerprint density at radius 2 is 1.70 bits per heavy atom. The van der Waals surface area contributed by atoms with Crippen molar-refractivity contribution < 1.29 is 120 Å². The number of hydrogen-bond acceptors (Lipinski definition) is 20. The molecule has 2 amide bonds. The minimum absolute atomic E-state index is 0. The zero-order valence-corrected chi connectivity index (χ0v) is 35.3. The molecule has 0 spiro atoms. The number of aliphatic carboxylic acids is 1. The maximum absolute atomic E-state index is 12.6. The zero-order chi connectivity index (χ0) is 41.4. The molecule has 10 N–H and O–H groups in total. The minimum Gasteiger partial charge on any atom is -0.550 e. The zero-order valence-electron chi connectivity index (χ0n) is 29.8. The summed E-state index contributed by atoms with van der Waals surface area (Å²) in [6.07, 6.45) is -7.75. The molecule has 310 valence electrons. The molecule has 0 radical (unpaired) electrons. The first-order valence-electron chi connectivity index (χ1n) is 15.7. The van der Waals surface area contributed by atoms with E-state index in [-0.39, 0.29) is 78.2 Å². The quantitative estimate of drug-likeness (QED) is 0.0302. The number of carboxylic acids is 1. The van der Waals surface area contributed by atoms with Crippen molar-refractivity contribution in [1.29, 1.82) is 0 Å². The fourth-order valence-corrected chi connectivity index (χ4v) is 8.08. The van der Waals surface area contributed by atoms with E-state index in [1.165, 1.54) is 13.8 Å². The van der Waals surface area contributed by atoms with Gasteiger partial charge in [0.25, 0.3) is 0 Å². The van der Waals surface area contributed by atoms with Crippen molar-refractivity contribution in [1.82, 2.24) is 30.2 Å². The number of nitrogens with two attached hydrogens (primary N) is 1. The van der Waals surface area contributed by atoms with E-state index < -0.39 is 102 Å². The van der Waals surface area contributed by atoms with E-state index in [4.69, 9.17) is 19.5 Å². The number of carboxylic acid groups (broad SMARTS) is 1. The van der Waals surface area contributed by atoms with Gasteiger partial charge in [-0.15, -0.1) is 0 Å². The predicted molar refractivity (Wildman–Crippen MR) is 181 cm³/mol. The number of carbonyl (C=O) groups is 4. The molecule has 1 fully saturated rings. The van der Waals surface area contributed by atoms with E-state index in [2.05, 4.69) is 34.4 Å². The molecule has 7 atom stereocenters. The molecule has 2 aromatic rings. The number of anilines is 1. The van der Waals surface area contributed by atoms with Gasteiger partial charge in [0.1, 0.15) is 36.3 Å². The second-order valence-electron chi connectivity index (χ2n) is 12.2. The molecule has 56 heavy (non-hydrogen) atoms. The SMILES string of the molecule is CC(C)(COP(=O)(O)OP(=O)(O)OC[C@H]1O[C@@H](n2cnc3c(N)ncnc32)[C@H](O)[C@@H]1OP(=O)(O)O)[C@@H](O)C(=O)NCCC(=O)NCCSC(=O)CCC(=O)[O-].[Na+]. The van der Waals surface area contributed by atoms with Gasteiger partial charge in [-0.05, 0) is 6.42 Å². The molecule has 1 aliphatic rings. The fourth-order valence-electron chi connectivity index (χ4n) is 4.57. The van der Waals surface area contributed by atoms with Crippen molar-refractivity contribution in [2.75, 3.05) is 37.8 Å². The number of imidazole rings is 1. The first-order valence-corrected chi connectivity index (χ1v) is 21.2. The van der Waals surface area contributed by atoms with Crippen molar-refractivity contribution in [3.8, 4) is 0 Å². The van der Waals surface area contributed by atoms with Crippen LogP contribution in [0.15, 0.2) is 12.7 Å². The van der Waals surface area contributed by atoms with E-state index in [9.17, 15) is 67.8 Å². The van der Waals surface area contributed by atoms with Gasteiger partial charge in [0, 0.05) is 43.1 Å². The van der Waals surface area contributed by atoms with E-state index in [0.29, 0.717) is 0 Å². The summed E-state index contributed by atoms with van der Waals surface area (Å²) >= 11 is 0.821. The number of nitrogens with one attached hydrogen (secondary N) is 2.